The van der Waals surface area contributed by atoms with Crippen molar-refractivity contribution in [1.29, 1.82) is 0 Å². The van der Waals surface area contributed by atoms with Crippen LogP contribution in [-0.4, -0.2) is 38.0 Å². The number of fused-ring (bicyclic) bond motifs is 1. The molecule has 0 spiro atoms. The SMILES string of the molecule is C=CCOc1ccc(/C=c2\sc3n(c2=O)C(c2ccc(OC)c(OC)c2)C(C(=O)OCC)=C(C)N=3)cc1. The first-order valence-electron chi connectivity index (χ1n) is 11.7. The van der Waals surface area contributed by atoms with E-state index in [0.717, 1.165) is 5.56 Å². The lowest BCUT2D eigenvalue weighted by Crippen LogP contribution is -2.39. The van der Waals surface area contributed by atoms with Crippen molar-refractivity contribution in [2.75, 3.05) is 27.4 Å². The average Bonchev–Trinajstić information content (AvgIpc) is 3.21. The predicted molar refractivity (Wildman–Crippen MR) is 142 cm³/mol. The van der Waals surface area contributed by atoms with Crippen LogP contribution in [0.25, 0.3) is 6.08 Å². The Bertz CT molecular complexity index is 1530. The third kappa shape index (κ3) is 5.22. The normalized spacial score (nSPS) is 15.0. The summed E-state index contributed by atoms with van der Waals surface area (Å²) < 4.78 is 23.8. The first-order valence-corrected chi connectivity index (χ1v) is 12.5. The Morgan fingerprint density at radius 1 is 1.14 bits per heavy atom. The second kappa shape index (κ2) is 11.3. The van der Waals surface area contributed by atoms with Gasteiger partial charge in [-0.3, -0.25) is 9.36 Å². The van der Waals surface area contributed by atoms with E-state index in [1.807, 2.05) is 30.3 Å². The zero-order valence-electron chi connectivity index (χ0n) is 21.1. The van der Waals surface area contributed by atoms with Crippen molar-refractivity contribution >= 4 is 23.4 Å². The molecule has 0 saturated carbocycles. The highest BCUT2D eigenvalue weighted by Gasteiger charge is 2.33. The van der Waals surface area contributed by atoms with Gasteiger partial charge in [-0.15, -0.1) is 0 Å². The minimum absolute atomic E-state index is 0.200. The molecule has 3 aromatic rings. The fourth-order valence-electron chi connectivity index (χ4n) is 4.10. The minimum atomic E-state index is -0.744. The highest BCUT2D eigenvalue weighted by atomic mass is 32.1. The Kier molecular flexibility index (Phi) is 7.93. The molecule has 37 heavy (non-hydrogen) atoms. The number of carbonyl (C=O) groups excluding carboxylic acids is 1. The molecule has 8 nitrogen and oxygen atoms in total. The summed E-state index contributed by atoms with van der Waals surface area (Å²) in [5.41, 5.74) is 2.04. The molecule has 0 bridgehead atoms. The van der Waals surface area contributed by atoms with E-state index in [1.54, 1.807) is 49.8 Å². The van der Waals surface area contributed by atoms with Gasteiger partial charge in [0.05, 0.1) is 42.7 Å². The van der Waals surface area contributed by atoms with Crippen LogP contribution in [0.4, 0.5) is 0 Å². The van der Waals surface area contributed by atoms with Gasteiger partial charge >= 0.3 is 5.97 Å². The Morgan fingerprint density at radius 2 is 1.86 bits per heavy atom. The molecule has 1 unspecified atom stereocenters. The van der Waals surface area contributed by atoms with Gasteiger partial charge in [0, 0.05) is 0 Å². The molecular weight excluding hydrogens is 492 g/mol. The topological polar surface area (TPSA) is 88.3 Å². The summed E-state index contributed by atoms with van der Waals surface area (Å²) in [5.74, 6) is 1.21. The Balaban J connectivity index is 1.87. The maximum Gasteiger partial charge on any atom is 0.338 e. The Labute approximate surface area is 218 Å². The van der Waals surface area contributed by atoms with Crippen LogP contribution in [0.2, 0.25) is 0 Å². The van der Waals surface area contributed by atoms with Crippen LogP contribution >= 0.6 is 11.3 Å². The van der Waals surface area contributed by atoms with Crippen LogP contribution in [-0.2, 0) is 9.53 Å². The van der Waals surface area contributed by atoms with Gasteiger partial charge in [0.1, 0.15) is 12.4 Å². The number of ether oxygens (including phenoxy) is 4. The standard InChI is InChI=1S/C28H28N2O6S/c1-6-14-36-20-11-8-18(9-12-20)15-23-26(31)30-25(19-10-13-21(33-4)22(16-19)34-5)24(27(32)35-7-2)17(3)29-28(30)37-23/h6,8-13,15-16,25H,1,7,14H2,2-5H3/b23-15-. The van der Waals surface area contributed by atoms with Crippen LogP contribution in [0.3, 0.4) is 0 Å². The number of aromatic nitrogens is 1. The van der Waals surface area contributed by atoms with E-state index >= 15 is 0 Å². The van der Waals surface area contributed by atoms with Gasteiger partial charge in [-0.05, 0) is 55.3 Å². The molecule has 0 fully saturated rings. The van der Waals surface area contributed by atoms with Crippen LogP contribution in [0, 0.1) is 0 Å². The third-order valence-corrected chi connectivity index (χ3v) is 6.77. The maximum absolute atomic E-state index is 13.7. The molecular formula is C28H28N2O6S. The van der Waals surface area contributed by atoms with E-state index in [9.17, 15) is 9.59 Å². The Hall–Kier alpha value is -4.11. The number of hydrogen-bond acceptors (Lipinski definition) is 8. The van der Waals surface area contributed by atoms with Crippen LogP contribution in [0.15, 0.2) is 76.2 Å². The van der Waals surface area contributed by atoms with Crippen LogP contribution in [0.1, 0.15) is 31.0 Å². The molecule has 0 saturated heterocycles. The number of allylic oxidation sites excluding steroid dienone is 1. The summed E-state index contributed by atoms with van der Waals surface area (Å²) >= 11 is 1.26. The second-order valence-electron chi connectivity index (χ2n) is 8.09. The lowest BCUT2D eigenvalue weighted by atomic mass is 9.95. The number of nitrogens with zero attached hydrogens (tertiary/aromatic N) is 2. The van der Waals surface area contributed by atoms with Gasteiger partial charge in [-0.2, -0.15) is 0 Å². The monoisotopic (exact) mass is 520 g/mol. The number of methoxy groups -OCH3 is 2. The van der Waals surface area contributed by atoms with Gasteiger partial charge in [0.15, 0.2) is 16.3 Å². The molecule has 1 aliphatic rings. The Morgan fingerprint density at radius 3 is 2.51 bits per heavy atom. The number of rotatable bonds is 9. The highest BCUT2D eigenvalue weighted by molar-refractivity contribution is 7.07. The number of benzene rings is 2. The van der Waals surface area contributed by atoms with Crippen molar-refractivity contribution in [2.45, 2.75) is 19.9 Å². The molecule has 0 N–H and O–H groups in total. The first-order chi connectivity index (χ1) is 17.9. The smallest absolute Gasteiger partial charge is 0.338 e. The highest BCUT2D eigenvalue weighted by Crippen LogP contribution is 2.36. The number of thiazole rings is 1. The summed E-state index contributed by atoms with van der Waals surface area (Å²) in [6, 6.07) is 12.0. The molecule has 0 radical (unpaired) electrons. The molecule has 0 amide bonds. The zero-order valence-corrected chi connectivity index (χ0v) is 22.0. The molecule has 192 valence electrons. The molecule has 1 aliphatic heterocycles. The maximum atomic E-state index is 13.7. The van der Waals surface area contributed by atoms with Crippen LogP contribution < -0.4 is 29.1 Å². The van der Waals surface area contributed by atoms with E-state index in [2.05, 4.69) is 11.6 Å². The second-order valence-corrected chi connectivity index (χ2v) is 9.09. The number of hydrogen-bond donors (Lipinski definition) is 0. The lowest BCUT2D eigenvalue weighted by molar-refractivity contribution is -0.139. The average molecular weight is 521 g/mol. The van der Waals surface area contributed by atoms with Gasteiger partial charge in [0.25, 0.3) is 5.56 Å². The molecule has 4 rings (SSSR count). The predicted octanol–water partition coefficient (Wildman–Crippen LogP) is 3.38. The van der Waals surface area contributed by atoms with Crippen molar-refractivity contribution in [3.8, 4) is 17.2 Å². The van der Waals surface area contributed by atoms with E-state index < -0.39 is 12.0 Å². The van der Waals surface area contributed by atoms with E-state index in [1.165, 1.54) is 18.4 Å². The number of carbonyl (C=O) groups is 1. The summed E-state index contributed by atoms with van der Waals surface area (Å²) in [4.78, 5) is 31.9. The van der Waals surface area contributed by atoms with Crippen molar-refractivity contribution in [3.63, 3.8) is 0 Å². The van der Waals surface area contributed by atoms with E-state index in [4.69, 9.17) is 18.9 Å². The molecule has 2 heterocycles. The van der Waals surface area contributed by atoms with Crippen molar-refractivity contribution in [3.05, 3.63) is 97.2 Å². The summed E-state index contributed by atoms with van der Waals surface area (Å²) in [6.45, 7) is 7.75. The zero-order chi connectivity index (χ0) is 26.5. The fraction of sp³-hybridized carbons (Fsp3) is 0.250. The largest absolute Gasteiger partial charge is 0.493 e. The van der Waals surface area contributed by atoms with Gasteiger partial charge < -0.3 is 18.9 Å². The molecule has 1 aromatic heterocycles. The van der Waals surface area contributed by atoms with Gasteiger partial charge in [-0.25, -0.2) is 9.79 Å². The molecule has 1 atom stereocenters. The van der Waals surface area contributed by atoms with E-state index in [0.29, 0.717) is 50.0 Å². The fourth-order valence-corrected chi connectivity index (χ4v) is 5.14. The van der Waals surface area contributed by atoms with Crippen molar-refractivity contribution in [1.82, 2.24) is 4.57 Å². The molecule has 9 heteroatoms. The van der Waals surface area contributed by atoms with Crippen molar-refractivity contribution in [2.24, 2.45) is 4.99 Å². The minimum Gasteiger partial charge on any atom is -0.493 e. The van der Waals surface area contributed by atoms with Crippen molar-refractivity contribution < 1.29 is 23.7 Å². The quantitative estimate of drug-likeness (QED) is 0.318. The first kappa shape index (κ1) is 26.0. The lowest BCUT2D eigenvalue weighted by Gasteiger charge is -2.25. The third-order valence-electron chi connectivity index (χ3n) is 5.79. The summed E-state index contributed by atoms with van der Waals surface area (Å²) in [6.07, 6.45) is 3.48. The van der Waals surface area contributed by atoms with Gasteiger partial charge in [-0.1, -0.05) is 42.2 Å². The molecule has 0 aliphatic carbocycles. The van der Waals surface area contributed by atoms with Crippen LogP contribution in [0.5, 0.6) is 17.2 Å². The van der Waals surface area contributed by atoms with E-state index in [-0.39, 0.29) is 12.2 Å². The van der Waals surface area contributed by atoms with Gasteiger partial charge in [0.2, 0.25) is 0 Å². The summed E-state index contributed by atoms with van der Waals surface area (Å²) in [5, 5.41) is 0. The number of esters is 1. The summed E-state index contributed by atoms with van der Waals surface area (Å²) in [7, 11) is 3.08. The molecule has 2 aromatic carbocycles.